The number of carbonyl (C=O) groups is 6. The summed E-state index contributed by atoms with van der Waals surface area (Å²) in [6.45, 7) is 1.56. The van der Waals surface area contributed by atoms with E-state index in [2.05, 4.69) is 10.6 Å². The van der Waals surface area contributed by atoms with Crippen LogP contribution in [0.25, 0.3) is 0 Å². The second-order valence-corrected chi connectivity index (χ2v) is 11.5. The topological polar surface area (TPSA) is 209 Å². The van der Waals surface area contributed by atoms with Gasteiger partial charge in [-0.15, -0.1) is 0 Å². The van der Waals surface area contributed by atoms with Gasteiger partial charge in [-0.05, 0) is 12.8 Å². The third kappa shape index (κ3) is 25.3. The van der Waals surface area contributed by atoms with Crippen molar-refractivity contribution in [3.8, 4) is 0 Å². The summed E-state index contributed by atoms with van der Waals surface area (Å²) in [7, 11) is 0. The van der Waals surface area contributed by atoms with Gasteiger partial charge < -0.3 is 45.1 Å². The molecule has 15 nitrogen and oxygen atoms in total. The number of carbonyl (C=O) groups excluding carboxylic acids is 6. The maximum absolute atomic E-state index is 12.7. The van der Waals surface area contributed by atoms with Gasteiger partial charge in [0.05, 0.1) is 24.5 Å². The van der Waals surface area contributed by atoms with Crippen molar-refractivity contribution in [1.29, 1.82) is 0 Å². The fourth-order valence-corrected chi connectivity index (χ4v) is 5.06. The van der Waals surface area contributed by atoms with E-state index in [0.717, 1.165) is 57.7 Å². The molecule has 1 rings (SSSR count). The zero-order valence-electron chi connectivity index (χ0n) is 26.9. The molecule has 0 unspecified atom stereocenters. The van der Waals surface area contributed by atoms with Gasteiger partial charge in [0, 0.05) is 97.9 Å². The third-order valence-electron chi connectivity index (χ3n) is 7.60. The quantitative estimate of drug-likeness (QED) is 0.0788. The molecule has 0 bridgehead atoms. The summed E-state index contributed by atoms with van der Waals surface area (Å²) in [6.07, 6.45) is 10.2. The zero-order chi connectivity index (χ0) is 33.3. The summed E-state index contributed by atoms with van der Waals surface area (Å²) < 4.78 is 0. The first-order valence-corrected chi connectivity index (χ1v) is 16.0. The predicted octanol–water partition coefficient (Wildman–Crippen LogP) is -4.21. The van der Waals surface area contributed by atoms with Crippen LogP contribution in [0.4, 0.5) is 0 Å². The Morgan fingerprint density at radius 3 is 1.24 bits per heavy atom. The van der Waals surface area contributed by atoms with Gasteiger partial charge in [0.2, 0.25) is 11.8 Å². The Balaban J connectivity index is 0.0000202. The molecule has 0 saturated carbocycles. The second kappa shape index (κ2) is 28.2. The molecule has 1 saturated heterocycles. The van der Waals surface area contributed by atoms with Crippen LogP contribution in [0, 0.1) is 39.9 Å². The van der Waals surface area contributed by atoms with E-state index in [4.69, 9.17) is 0 Å². The Hall–Kier alpha value is -1.82. The van der Waals surface area contributed by atoms with Gasteiger partial charge in [0.15, 0.2) is 0 Å². The van der Waals surface area contributed by atoms with E-state index >= 15 is 0 Å². The molecular formula is C30H51GdN6O9. The Kier molecular flexibility index (Phi) is 27.1. The first-order chi connectivity index (χ1) is 21.6. The summed E-state index contributed by atoms with van der Waals surface area (Å²) in [5.41, 5.74) is 0. The van der Waals surface area contributed by atoms with Crippen LogP contribution in [0.2, 0.25) is 0 Å². The molecule has 263 valence electrons. The number of hydrogen-bond donors (Lipinski definition) is 2. The predicted molar refractivity (Wildman–Crippen MR) is 159 cm³/mol. The van der Waals surface area contributed by atoms with Crippen LogP contribution < -0.4 is 26.0 Å². The smallest absolute Gasteiger partial charge is 0.549 e. The zero-order valence-corrected chi connectivity index (χ0v) is 29.1. The van der Waals surface area contributed by atoms with Gasteiger partial charge in [-0.1, -0.05) is 38.5 Å². The molecule has 1 radical (unpaired) electrons. The van der Waals surface area contributed by atoms with E-state index in [1.54, 1.807) is 19.6 Å². The molecule has 0 aromatic carbocycles. The maximum Gasteiger partial charge on any atom is 3.00 e. The van der Waals surface area contributed by atoms with Gasteiger partial charge >= 0.3 is 39.9 Å². The second-order valence-electron chi connectivity index (χ2n) is 11.5. The molecule has 16 heteroatoms. The van der Waals surface area contributed by atoms with Crippen LogP contribution in [-0.4, -0.2) is 147 Å². The molecule has 1 fully saturated rings. The molecule has 0 atom stereocenters. The molecule has 1 heterocycles. The molecule has 1 aliphatic rings. The van der Waals surface area contributed by atoms with Gasteiger partial charge in [0.1, 0.15) is 6.29 Å². The first kappa shape index (κ1) is 44.2. The molecule has 0 aromatic heterocycles. The SMILES string of the molecule is O=CCCCCCCCCCCNC(=O)CCNC(=O)CN1CCN(CC(=O)[O-])CCN(CC(=O)[O-])CCN(CC(=O)[O-])CC1.[Gd+3]. The molecule has 0 aliphatic carbocycles. The van der Waals surface area contributed by atoms with Crippen molar-refractivity contribution >= 4 is 36.0 Å². The number of hydrogen-bond acceptors (Lipinski definition) is 13. The van der Waals surface area contributed by atoms with E-state index in [1.807, 2.05) is 0 Å². The number of unbranched alkanes of at least 4 members (excludes halogenated alkanes) is 8. The minimum Gasteiger partial charge on any atom is -0.549 e. The Labute approximate surface area is 304 Å². The minimum absolute atomic E-state index is 0. The van der Waals surface area contributed by atoms with E-state index in [0.29, 0.717) is 26.1 Å². The fraction of sp³-hybridized carbons (Fsp3) is 0.800. The van der Waals surface area contributed by atoms with Gasteiger partial charge in [-0.2, -0.15) is 0 Å². The van der Waals surface area contributed by atoms with Crippen molar-refractivity contribution < 1.29 is 84.0 Å². The molecule has 2 N–H and O–H groups in total. The third-order valence-corrected chi connectivity index (χ3v) is 7.60. The van der Waals surface area contributed by atoms with Crippen LogP contribution in [0.15, 0.2) is 0 Å². The van der Waals surface area contributed by atoms with E-state index in [9.17, 15) is 44.1 Å². The minimum atomic E-state index is -1.30. The Morgan fingerprint density at radius 1 is 0.500 bits per heavy atom. The van der Waals surface area contributed by atoms with Crippen molar-refractivity contribution in [1.82, 2.24) is 30.2 Å². The Morgan fingerprint density at radius 2 is 0.848 bits per heavy atom. The largest absolute Gasteiger partial charge is 3.00 e. The normalized spacial score (nSPS) is 15.9. The summed E-state index contributed by atoms with van der Waals surface area (Å²) in [5, 5.41) is 39.4. The fourth-order valence-electron chi connectivity index (χ4n) is 5.06. The number of nitrogens with zero attached hydrogens (tertiary/aromatic N) is 4. The van der Waals surface area contributed by atoms with Crippen molar-refractivity contribution in [2.24, 2.45) is 0 Å². The Bertz CT molecular complexity index is 882. The number of amides is 2. The average molecular weight is 797 g/mol. The summed E-state index contributed by atoms with van der Waals surface area (Å²) in [6, 6.07) is 0. The summed E-state index contributed by atoms with van der Waals surface area (Å²) in [5.74, 6) is -4.33. The van der Waals surface area contributed by atoms with Crippen LogP contribution in [0.1, 0.15) is 64.2 Å². The van der Waals surface area contributed by atoms with E-state index < -0.39 is 17.9 Å². The van der Waals surface area contributed by atoms with Crippen LogP contribution in [0.3, 0.4) is 0 Å². The summed E-state index contributed by atoms with van der Waals surface area (Å²) in [4.78, 5) is 75.5. The first-order valence-electron chi connectivity index (χ1n) is 16.0. The van der Waals surface area contributed by atoms with Crippen molar-refractivity contribution in [2.45, 2.75) is 64.2 Å². The molecule has 46 heavy (non-hydrogen) atoms. The molecule has 1 aliphatic heterocycles. The maximum atomic E-state index is 12.7. The number of rotatable bonds is 22. The molecule has 0 spiro atoms. The van der Waals surface area contributed by atoms with E-state index in [1.165, 1.54) is 0 Å². The van der Waals surface area contributed by atoms with Crippen LogP contribution in [0.5, 0.6) is 0 Å². The van der Waals surface area contributed by atoms with E-state index in [-0.39, 0.29) is 130 Å². The standard InChI is InChI=1S/C30H54N6O9.Gd/c37-21-9-7-5-3-1-2-4-6-8-11-31-26(38)10-12-32-27(39)22-33-13-15-34(23-28(40)41)17-19-36(25-30(44)45)20-18-35(16-14-33)24-29(42)43;/h21H,1-20,22-25H2,(H,31,38)(H,32,39)(H,40,41)(H,42,43)(H,44,45);/q;+3/p-3. The monoisotopic (exact) mass is 797 g/mol. The number of aliphatic carboxylic acids is 3. The summed E-state index contributed by atoms with van der Waals surface area (Å²) >= 11 is 0. The number of aldehydes is 1. The molecule has 0 aromatic rings. The average Bonchev–Trinajstić information content (AvgIpc) is 2.96. The van der Waals surface area contributed by atoms with Gasteiger partial charge in [0.25, 0.3) is 0 Å². The van der Waals surface area contributed by atoms with Gasteiger partial charge in [-0.25, -0.2) is 0 Å². The number of nitrogens with one attached hydrogen (secondary N) is 2. The van der Waals surface area contributed by atoms with Crippen molar-refractivity contribution in [3.05, 3.63) is 0 Å². The van der Waals surface area contributed by atoms with Crippen molar-refractivity contribution in [2.75, 3.05) is 91.6 Å². The van der Waals surface area contributed by atoms with Crippen molar-refractivity contribution in [3.63, 3.8) is 0 Å². The number of carboxylic acid groups (broad SMARTS) is 3. The molecule has 2 amide bonds. The van der Waals surface area contributed by atoms with Gasteiger partial charge in [-0.3, -0.25) is 29.2 Å². The number of carboxylic acids is 3. The molecular weight excluding hydrogens is 746 g/mol. The van der Waals surface area contributed by atoms with Crippen LogP contribution in [-0.2, 0) is 28.8 Å². The van der Waals surface area contributed by atoms with Crippen LogP contribution >= 0.6 is 0 Å².